The second-order valence-corrected chi connectivity index (χ2v) is 6.04. The van der Waals surface area contributed by atoms with Crippen LogP contribution in [-0.2, 0) is 19.8 Å². The maximum Gasteiger partial charge on any atom is 0.253 e. The minimum absolute atomic E-state index is 0.0598. The molecule has 2 rings (SSSR count). The van der Waals surface area contributed by atoms with Crippen LogP contribution in [0.4, 0.5) is 0 Å². The average molecular weight is 291 g/mol. The number of hydroxylamine groups is 2. The zero-order chi connectivity index (χ0) is 15.5. The minimum Gasteiger partial charge on any atom is -0.491 e. The molecule has 1 fully saturated rings. The number of carbonyl (C=O) groups is 2. The molecule has 0 radical (unpaired) electrons. The third-order valence-electron chi connectivity index (χ3n) is 3.28. The molecule has 1 heterocycles. The number of ether oxygens (including phenoxy) is 1. The lowest BCUT2D eigenvalue weighted by atomic mass is 9.87. The molecule has 2 amide bonds. The topological polar surface area (TPSA) is 55.8 Å². The Morgan fingerprint density at radius 2 is 1.76 bits per heavy atom. The number of imide groups is 1. The van der Waals surface area contributed by atoms with Crippen molar-refractivity contribution >= 4 is 11.8 Å². The highest BCUT2D eigenvalue weighted by Crippen LogP contribution is 2.25. The highest BCUT2D eigenvalue weighted by atomic mass is 16.7. The van der Waals surface area contributed by atoms with E-state index in [0.29, 0.717) is 0 Å². The maximum absolute atomic E-state index is 11.3. The van der Waals surface area contributed by atoms with Gasteiger partial charge in [-0.25, -0.2) is 0 Å². The number of carbonyl (C=O) groups excluding carboxylic acids is 2. The third kappa shape index (κ3) is 4.04. The minimum atomic E-state index is -0.283. The Kier molecular flexibility index (Phi) is 4.63. The van der Waals surface area contributed by atoms with E-state index in [4.69, 9.17) is 9.57 Å². The van der Waals surface area contributed by atoms with Gasteiger partial charge in [-0.15, -0.1) is 0 Å². The van der Waals surface area contributed by atoms with Gasteiger partial charge in [0.05, 0.1) is 0 Å². The molecule has 5 nitrogen and oxygen atoms in total. The van der Waals surface area contributed by atoms with E-state index in [0.717, 1.165) is 10.8 Å². The van der Waals surface area contributed by atoms with Crippen LogP contribution in [0, 0.1) is 0 Å². The molecule has 0 aromatic heterocycles. The van der Waals surface area contributed by atoms with Crippen molar-refractivity contribution in [3.8, 4) is 5.75 Å². The van der Waals surface area contributed by atoms with Crippen LogP contribution in [0.1, 0.15) is 39.2 Å². The fourth-order valence-electron chi connectivity index (χ4n) is 2.04. The van der Waals surface area contributed by atoms with Crippen LogP contribution in [0.3, 0.4) is 0 Å². The molecule has 0 atom stereocenters. The predicted octanol–water partition coefficient (Wildman–Crippen LogP) is 2.44. The molecule has 1 aromatic carbocycles. The van der Waals surface area contributed by atoms with Crippen molar-refractivity contribution in [1.82, 2.24) is 5.06 Å². The molecule has 21 heavy (non-hydrogen) atoms. The normalized spacial score (nSPS) is 15.7. The Bertz CT molecular complexity index is 517. The lowest BCUT2D eigenvalue weighted by Crippen LogP contribution is -2.30. The van der Waals surface area contributed by atoms with Crippen LogP contribution < -0.4 is 4.74 Å². The van der Waals surface area contributed by atoms with E-state index in [1.807, 2.05) is 18.2 Å². The van der Waals surface area contributed by atoms with E-state index in [1.54, 1.807) is 0 Å². The number of amides is 2. The second-order valence-electron chi connectivity index (χ2n) is 6.04. The molecule has 1 saturated heterocycles. The van der Waals surface area contributed by atoms with Crippen LogP contribution in [0.25, 0.3) is 0 Å². The SMILES string of the molecule is CC(C)(C)c1cccc(OCCON2C(=O)CCC2=O)c1. The fraction of sp³-hybridized carbons (Fsp3) is 0.500. The highest BCUT2D eigenvalue weighted by molar-refractivity contribution is 6.00. The number of nitrogens with zero attached hydrogens (tertiary/aromatic N) is 1. The van der Waals surface area contributed by atoms with Crippen LogP contribution >= 0.6 is 0 Å². The van der Waals surface area contributed by atoms with Crippen molar-refractivity contribution in [1.29, 1.82) is 0 Å². The van der Waals surface area contributed by atoms with E-state index < -0.39 is 0 Å². The molecule has 0 spiro atoms. The standard InChI is InChI=1S/C16H21NO4/c1-16(2,3)12-5-4-6-13(11-12)20-9-10-21-17-14(18)7-8-15(17)19/h4-6,11H,7-10H2,1-3H3. The Hall–Kier alpha value is -1.88. The summed E-state index contributed by atoms with van der Waals surface area (Å²) in [6, 6.07) is 7.88. The molecule has 114 valence electrons. The van der Waals surface area contributed by atoms with Gasteiger partial charge < -0.3 is 4.74 Å². The van der Waals surface area contributed by atoms with Gasteiger partial charge in [0.25, 0.3) is 11.8 Å². The van der Waals surface area contributed by atoms with Crippen LogP contribution in [0.15, 0.2) is 24.3 Å². The van der Waals surface area contributed by atoms with Gasteiger partial charge in [-0.05, 0) is 23.1 Å². The maximum atomic E-state index is 11.3. The lowest BCUT2D eigenvalue weighted by molar-refractivity contribution is -0.189. The molecule has 0 bridgehead atoms. The van der Waals surface area contributed by atoms with Crippen molar-refractivity contribution in [2.24, 2.45) is 0 Å². The van der Waals surface area contributed by atoms with Gasteiger partial charge in [-0.2, -0.15) is 5.06 Å². The van der Waals surface area contributed by atoms with Gasteiger partial charge in [-0.1, -0.05) is 32.9 Å². The lowest BCUT2D eigenvalue weighted by Gasteiger charge is -2.20. The molecule has 0 N–H and O–H groups in total. The molecule has 0 unspecified atom stereocenters. The van der Waals surface area contributed by atoms with E-state index in [-0.39, 0.29) is 43.3 Å². The van der Waals surface area contributed by atoms with Gasteiger partial charge in [0.15, 0.2) is 0 Å². The summed E-state index contributed by atoms with van der Waals surface area (Å²) in [5.74, 6) is 0.189. The summed E-state index contributed by atoms with van der Waals surface area (Å²) in [5.41, 5.74) is 1.25. The van der Waals surface area contributed by atoms with Crippen LogP contribution in [0.2, 0.25) is 0 Å². The van der Waals surface area contributed by atoms with Crippen molar-refractivity contribution in [3.05, 3.63) is 29.8 Å². The Morgan fingerprint density at radius 3 is 2.38 bits per heavy atom. The average Bonchev–Trinajstić information content (AvgIpc) is 2.74. The smallest absolute Gasteiger partial charge is 0.253 e. The third-order valence-corrected chi connectivity index (χ3v) is 3.28. The van der Waals surface area contributed by atoms with E-state index in [1.165, 1.54) is 5.56 Å². The molecule has 0 saturated carbocycles. The Labute approximate surface area is 124 Å². The molecule has 5 heteroatoms. The van der Waals surface area contributed by atoms with Gasteiger partial charge in [-0.3, -0.25) is 14.4 Å². The monoisotopic (exact) mass is 291 g/mol. The summed E-state index contributed by atoms with van der Waals surface area (Å²) < 4.78 is 5.60. The summed E-state index contributed by atoms with van der Waals surface area (Å²) in [5, 5.41) is 0.842. The largest absolute Gasteiger partial charge is 0.491 e. The van der Waals surface area contributed by atoms with Crippen LogP contribution in [-0.4, -0.2) is 30.1 Å². The zero-order valence-electron chi connectivity index (χ0n) is 12.7. The first kappa shape index (κ1) is 15.5. The van der Waals surface area contributed by atoms with Gasteiger partial charge in [0, 0.05) is 12.8 Å². The Morgan fingerprint density at radius 1 is 1.10 bits per heavy atom. The summed E-state index contributed by atoms with van der Waals surface area (Å²) in [6.07, 6.45) is 0.459. The molecular weight excluding hydrogens is 270 g/mol. The van der Waals surface area contributed by atoms with Crippen molar-refractivity contribution in [2.45, 2.75) is 39.0 Å². The van der Waals surface area contributed by atoms with E-state index in [2.05, 4.69) is 26.8 Å². The number of hydrogen-bond donors (Lipinski definition) is 0. The summed E-state index contributed by atoms with van der Waals surface area (Å²) in [4.78, 5) is 27.8. The van der Waals surface area contributed by atoms with Crippen molar-refractivity contribution < 1.29 is 19.2 Å². The quantitative estimate of drug-likeness (QED) is 0.617. The first-order valence-electron chi connectivity index (χ1n) is 7.10. The van der Waals surface area contributed by atoms with Crippen LogP contribution in [0.5, 0.6) is 5.75 Å². The number of rotatable bonds is 5. The number of hydrogen-bond acceptors (Lipinski definition) is 4. The summed E-state index contributed by atoms with van der Waals surface area (Å²) >= 11 is 0. The Balaban J connectivity index is 1.81. The summed E-state index contributed by atoms with van der Waals surface area (Å²) in [7, 11) is 0. The van der Waals surface area contributed by atoms with E-state index in [9.17, 15) is 9.59 Å². The van der Waals surface area contributed by atoms with Gasteiger partial charge in [0.1, 0.15) is 19.0 Å². The number of benzene rings is 1. The second kappa shape index (κ2) is 6.26. The van der Waals surface area contributed by atoms with Gasteiger partial charge in [0.2, 0.25) is 0 Å². The van der Waals surface area contributed by atoms with E-state index >= 15 is 0 Å². The molecule has 1 aromatic rings. The predicted molar refractivity (Wildman–Crippen MR) is 77.7 cm³/mol. The first-order valence-corrected chi connectivity index (χ1v) is 7.10. The molecular formula is C16H21NO4. The van der Waals surface area contributed by atoms with Gasteiger partial charge >= 0.3 is 0 Å². The molecule has 0 aliphatic carbocycles. The fourth-order valence-corrected chi connectivity index (χ4v) is 2.04. The zero-order valence-corrected chi connectivity index (χ0v) is 12.7. The highest BCUT2D eigenvalue weighted by Gasteiger charge is 2.30. The first-order chi connectivity index (χ1) is 9.88. The van der Waals surface area contributed by atoms with Crippen molar-refractivity contribution in [2.75, 3.05) is 13.2 Å². The molecule has 1 aliphatic rings. The summed E-state index contributed by atoms with van der Waals surface area (Å²) in [6.45, 7) is 6.86. The molecule has 1 aliphatic heterocycles. The van der Waals surface area contributed by atoms with Crippen molar-refractivity contribution in [3.63, 3.8) is 0 Å².